The number of likely N-dealkylation sites (tertiary alicyclic amines) is 1. The maximum atomic E-state index is 14.0. The van der Waals surface area contributed by atoms with E-state index in [2.05, 4.69) is 10.2 Å². The second-order valence-corrected chi connectivity index (χ2v) is 9.35. The predicted molar refractivity (Wildman–Crippen MR) is 111 cm³/mol. The topological polar surface area (TPSA) is 69.7 Å². The number of benzene rings is 2. The van der Waals surface area contributed by atoms with Crippen LogP contribution in [-0.2, 0) is 27.9 Å². The molecule has 1 fully saturated rings. The Labute approximate surface area is 175 Å². The third-order valence-electron chi connectivity index (χ3n) is 4.98. The molecule has 3 rings (SSSR count). The summed E-state index contributed by atoms with van der Waals surface area (Å²) in [5.41, 5.74) is 1.69. The van der Waals surface area contributed by atoms with E-state index < -0.39 is 34.1 Å². The van der Waals surface area contributed by atoms with E-state index in [1.54, 1.807) is 0 Å². The SMILES string of the molecule is CS(=O)(=O)N(CC(=O)NCc1ccc(CN2CCCC2)cc1)c1ccc(F)cc1F. The van der Waals surface area contributed by atoms with E-state index in [9.17, 15) is 22.0 Å². The van der Waals surface area contributed by atoms with Crippen molar-refractivity contribution in [3.8, 4) is 0 Å². The normalized spacial score (nSPS) is 14.6. The fourth-order valence-corrected chi connectivity index (χ4v) is 4.27. The van der Waals surface area contributed by atoms with Crippen LogP contribution in [0.25, 0.3) is 0 Å². The molecular weight excluding hydrogens is 412 g/mol. The lowest BCUT2D eigenvalue weighted by molar-refractivity contribution is -0.119. The molecule has 2 aromatic carbocycles. The molecule has 0 unspecified atom stereocenters. The van der Waals surface area contributed by atoms with Crippen molar-refractivity contribution in [3.63, 3.8) is 0 Å². The zero-order chi connectivity index (χ0) is 21.7. The maximum absolute atomic E-state index is 14.0. The van der Waals surface area contributed by atoms with Crippen molar-refractivity contribution in [1.82, 2.24) is 10.2 Å². The van der Waals surface area contributed by atoms with Gasteiger partial charge in [-0.15, -0.1) is 0 Å². The summed E-state index contributed by atoms with van der Waals surface area (Å²) < 4.78 is 51.9. The van der Waals surface area contributed by atoms with E-state index in [-0.39, 0.29) is 12.2 Å². The first-order valence-corrected chi connectivity index (χ1v) is 11.6. The van der Waals surface area contributed by atoms with Crippen molar-refractivity contribution in [2.24, 2.45) is 0 Å². The van der Waals surface area contributed by atoms with Crippen molar-refractivity contribution in [2.75, 3.05) is 30.2 Å². The summed E-state index contributed by atoms with van der Waals surface area (Å²) in [5.74, 6) is -2.48. The minimum Gasteiger partial charge on any atom is -0.350 e. The van der Waals surface area contributed by atoms with Crippen molar-refractivity contribution in [1.29, 1.82) is 0 Å². The molecule has 1 aliphatic rings. The predicted octanol–water partition coefficient (Wildman–Crippen LogP) is 2.64. The van der Waals surface area contributed by atoms with Gasteiger partial charge in [0.2, 0.25) is 15.9 Å². The van der Waals surface area contributed by atoms with E-state index in [0.717, 1.165) is 43.6 Å². The largest absolute Gasteiger partial charge is 0.350 e. The Morgan fingerprint density at radius 1 is 1.07 bits per heavy atom. The lowest BCUT2D eigenvalue weighted by Crippen LogP contribution is -2.40. The highest BCUT2D eigenvalue weighted by molar-refractivity contribution is 7.92. The number of hydrogen-bond donors (Lipinski definition) is 1. The van der Waals surface area contributed by atoms with E-state index in [4.69, 9.17) is 0 Å². The Kier molecular flexibility index (Phi) is 7.04. The van der Waals surface area contributed by atoms with Gasteiger partial charge in [-0.05, 0) is 49.2 Å². The van der Waals surface area contributed by atoms with Gasteiger partial charge in [0.15, 0.2) is 0 Å². The van der Waals surface area contributed by atoms with Crippen LogP contribution >= 0.6 is 0 Å². The van der Waals surface area contributed by atoms with Crippen molar-refractivity contribution in [3.05, 3.63) is 65.2 Å². The van der Waals surface area contributed by atoms with E-state index in [1.165, 1.54) is 18.4 Å². The van der Waals surface area contributed by atoms with Crippen LogP contribution in [0.4, 0.5) is 14.5 Å². The second-order valence-electron chi connectivity index (χ2n) is 7.44. The molecule has 0 saturated carbocycles. The van der Waals surface area contributed by atoms with Crippen LogP contribution in [0.5, 0.6) is 0 Å². The monoisotopic (exact) mass is 437 g/mol. The smallest absolute Gasteiger partial charge is 0.241 e. The summed E-state index contributed by atoms with van der Waals surface area (Å²) in [6.07, 6.45) is 3.33. The van der Waals surface area contributed by atoms with E-state index in [1.807, 2.05) is 24.3 Å². The summed E-state index contributed by atoms with van der Waals surface area (Å²) in [7, 11) is -3.94. The van der Waals surface area contributed by atoms with Gasteiger partial charge in [0.1, 0.15) is 18.2 Å². The van der Waals surface area contributed by atoms with Gasteiger partial charge in [-0.1, -0.05) is 24.3 Å². The minimum atomic E-state index is -3.94. The summed E-state index contributed by atoms with van der Waals surface area (Å²) in [6, 6.07) is 10.4. The fraction of sp³-hybridized carbons (Fsp3) is 0.381. The molecular formula is C21H25F2N3O3S. The van der Waals surface area contributed by atoms with E-state index >= 15 is 0 Å². The number of nitrogens with one attached hydrogen (secondary N) is 1. The van der Waals surface area contributed by atoms with Crippen molar-refractivity contribution < 1.29 is 22.0 Å². The molecule has 0 aliphatic carbocycles. The average Bonchev–Trinajstić information content (AvgIpc) is 3.18. The number of rotatable bonds is 8. The third-order valence-corrected chi connectivity index (χ3v) is 6.11. The van der Waals surface area contributed by atoms with Crippen LogP contribution in [0, 0.1) is 11.6 Å². The first kappa shape index (κ1) is 22.2. The zero-order valence-corrected chi connectivity index (χ0v) is 17.6. The molecule has 6 nitrogen and oxygen atoms in total. The number of anilines is 1. The summed E-state index contributed by atoms with van der Waals surface area (Å²) in [4.78, 5) is 14.7. The van der Waals surface area contributed by atoms with Gasteiger partial charge in [-0.25, -0.2) is 17.2 Å². The highest BCUT2D eigenvalue weighted by Crippen LogP contribution is 2.22. The van der Waals surface area contributed by atoms with Gasteiger partial charge in [0.25, 0.3) is 0 Å². The number of sulfonamides is 1. The van der Waals surface area contributed by atoms with Crippen molar-refractivity contribution in [2.45, 2.75) is 25.9 Å². The Bertz CT molecular complexity index is 991. The first-order chi connectivity index (χ1) is 14.2. The molecule has 1 saturated heterocycles. The highest BCUT2D eigenvalue weighted by atomic mass is 32.2. The van der Waals surface area contributed by atoms with Crippen LogP contribution in [-0.4, -0.2) is 45.1 Å². The van der Waals surface area contributed by atoms with Gasteiger partial charge in [-0.2, -0.15) is 0 Å². The lowest BCUT2D eigenvalue weighted by Gasteiger charge is -2.22. The third kappa shape index (κ3) is 5.99. The first-order valence-electron chi connectivity index (χ1n) is 9.72. The number of halogens is 2. The van der Waals surface area contributed by atoms with Gasteiger partial charge >= 0.3 is 0 Å². The second kappa shape index (κ2) is 9.53. The molecule has 0 atom stereocenters. The van der Waals surface area contributed by atoms with Gasteiger partial charge in [-0.3, -0.25) is 14.0 Å². The highest BCUT2D eigenvalue weighted by Gasteiger charge is 2.24. The molecule has 2 aromatic rings. The zero-order valence-electron chi connectivity index (χ0n) is 16.8. The molecule has 0 spiro atoms. The van der Waals surface area contributed by atoms with Crippen LogP contribution < -0.4 is 9.62 Å². The molecule has 9 heteroatoms. The lowest BCUT2D eigenvalue weighted by atomic mass is 10.1. The van der Waals surface area contributed by atoms with Gasteiger partial charge in [0.05, 0.1) is 11.9 Å². The van der Waals surface area contributed by atoms with E-state index in [0.29, 0.717) is 10.4 Å². The van der Waals surface area contributed by atoms with Gasteiger partial charge < -0.3 is 5.32 Å². The van der Waals surface area contributed by atoms with Crippen molar-refractivity contribution >= 4 is 21.6 Å². The Balaban J connectivity index is 1.59. The summed E-state index contributed by atoms with van der Waals surface area (Å²) in [6.45, 7) is 2.74. The molecule has 0 bridgehead atoms. The van der Waals surface area contributed by atoms with Crippen LogP contribution in [0.15, 0.2) is 42.5 Å². The number of hydrogen-bond acceptors (Lipinski definition) is 4. The Hall–Kier alpha value is -2.52. The standard InChI is InChI=1S/C21H25F2N3O3S/c1-30(28,29)26(20-9-8-18(22)12-19(20)23)15-21(27)24-13-16-4-6-17(7-5-16)14-25-10-2-3-11-25/h4-9,12H,2-3,10-11,13-15H2,1H3,(H,24,27). The molecule has 162 valence electrons. The quantitative estimate of drug-likeness (QED) is 0.689. The van der Waals surface area contributed by atoms with Crippen LogP contribution in [0.3, 0.4) is 0 Å². The Morgan fingerprint density at radius 3 is 2.30 bits per heavy atom. The molecule has 1 amide bonds. The number of nitrogens with zero attached hydrogens (tertiary/aromatic N) is 2. The van der Waals surface area contributed by atoms with Gasteiger partial charge in [0, 0.05) is 19.2 Å². The average molecular weight is 438 g/mol. The van der Waals surface area contributed by atoms with Crippen LogP contribution in [0.2, 0.25) is 0 Å². The molecule has 0 radical (unpaired) electrons. The molecule has 0 aromatic heterocycles. The molecule has 1 N–H and O–H groups in total. The number of carbonyl (C=O) groups is 1. The maximum Gasteiger partial charge on any atom is 0.241 e. The minimum absolute atomic E-state index is 0.215. The molecule has 1 aliphatic heterocycles. The summed E-state index contributed by atoms with van der Waals surface area (Å²) in [5, 5.41) is 2.64. The fourth-order valence-electron chi connectivity index (χ4n) is 3.41. The van der Waals surface area contributed by atoms with Crippen LogP contribution in [0.1, 0.15) is 24.0 Å². The Morgan fingerprint density at radius 2 is 1.70 bits per heavy atom. The molecule has 1 heterocycles. The molecule has 30 heavy (non-hydrogen) atoms. The number of amides is 1. The number of carbonyl (C=O) groups excluding carboxylic acids is 1. The summed E-state index contributed by atoms with van der Waals surface area (Å²) >= 11 is 0.